The van der Waals surface area contributed by atoms with Crippen LogP contribution in [0.15, 0.2) is 53.5 Å². The van der Waals surface area contributed by atoms with Gasteiger partial charge < -0.3 is 10.1 Å². The van der Waals surface area contributed by atoms with Crippen molar-refractivity contribution in [3.63, 3.8) is 0 Å². The summed E-state index contributed by atoms with van der Waals surface area (Å²) in [6, 6.07) is 12.7. The maximum absolute atomic E-state index is 12.5. The lowest BCUT2D eigenvalue weighted by molar-refractivity contribution is -0.123. The molecule has 26 heavy (non-hydrogen) atoms. The molecule has 0 aliphatic carbocycles. The zero-order valence-electron chi connectivity index (χ0n) is 15.0. The topological polar surface area (TPSA) is 77.6 Å². The summed E-state index contributed by atoms with van der Waals surface area (Å²) >= 11 is 0. The van der Waals surface area contributed by atoms with Crippen LogP contribution < -0.4 is 15.7 Å². The lowest BCUT2D eigenvalue weighted by Crippen LogP contribution is -2.36. The van der Waals surface area contributed by atoms with E-state index in [9.17, 15) is 9.59 Å². The van der Waals surface area contributed by atoms with Gasteiger partial charge in [0.05, 0.1) is 13.2 Å². The van der Waals surface area contributed by atoms with Gasteiger partial charge in [-0.1, -0.05) is 32.0 Å². The van der Waals surface area contributed by atoms with Crippen LogP contribution in [0.3, 0.4) is 0 Å². The summed E-state index contributed by atoms with van der Waals surface area (Å²) in [5, 5.41) is 7.19. The van der Waals surface area contributed by atoms with Crippen LogP contribution in [-0.4, -0.2) is 27.2 Å². The second-order valence-electron chi connectivity index (χ2n) is 6.43. The highest BCUT2D eigenvalue weighted by Gasteiger charge is 2.19. The van der Waals surface area contributed by atoms with Crippen LogP contribution in [-0.2, 0) is 11.3 Å². The predicted molar refractivity (Wildman–Crippen MR) is 98.2 cm³/mol. The number of fused-ring (bicyclic) bond motifs is 1. The number of carbonyl (C=O) groups is 1. The standard InChI is InChI=1S/C19H22N4O3/c1-13(2)18(14-7-9-15(26-3)10-8-14)20-17(24)12-23-19(25)22-11-5-4-6-16(22)21-23/h4-11,13,18H,12H2,1-3H3,(H,20,24). The number of benzene rings is 1. The number of methoxy groups -OCH3 is 1. The second-order valence-corrected chi connectivity index (χ2v) is 6.43. The normalized spacial score (nSPS) is 12.3. The maximum atomic E-state index is 12.5. The van der Waals surface area contributed by atoms with Crippen LogP contribution in [0.25, 0.3) is 5.65 Å². The Balaban J connectivity index is 1.77. The first kappa shape index (κ1) is 17.7. The largest absolute Gasteiger partial charge is 0.497 e. The van der Waals surface area contributed by atoms with Gasteiger partial charge in [0, 0.05) is 6.20 Å². The Kier molecular flexibility index (Phi) is 5.06. The fourth-order valence-corrected chi connectivity index (χ4v) is 2.87. The third-order valence-electron chi connectivity index (χ3n) is 4.24. The van der Waals surface area contributed by atoms with Gasteiger partial charge in [0.2, 0.25) is 5.91 Å². The summed E-state index contributed by atoms with van der Waals surface area (Å²) in [6.07, 6.45) is 1.63. The van der Waals surface area contributed by atoms with Gasteiger partial charge in [-0.25, -0.2) is 9.48 Å². The summed E-state index contributed by atoms with van der Waals surface area (Å²) in [6.45, 7) is 3.94. The van der Waals surface area contributed by atoms with E-state index in [2.05, 4.69) is 10.4 Å². The van der Waals surface area contributed by atoms with E-state index in [1.165, 1.54) is 9.08 Å². The van der Waals surface area contributed by atoms with Crippen LogP contribution >= 0.6 is 0 Å². The number of rotatable bonds is 6. The number of ether oxygens (including phenoxy) is 1. The molecule has 0 aliphatic heterocycles. The Hall–Kier alpha value is -3.09. The van der Waals surface area contributed by atoms with Crippen molar-refractivity contribution in [2.75, 3.05) is 7.11 Å². The Morgan fingerprint density at radius 1 is 1.19 bits per heavy atom. The Bertz CT molecular complexity index is 957. The number of amides is 1. The van der Waals surface area contributed by atoms with Gasteiger partial charge in [-0.15, -0.1) is 5.10 Å². The average molecular weight is 354 g/mol. The Morgan fingerprint density at radius 2 is 1.92 bits per heavy atom. The molecule has 136 valence electrons. The zero-order chi connectivity index (χ0) is 18.7. The third-order valence-corrected chi connectivity index (χ3v) is 4.24. The first-order valence-electron chi connectivity index (χ1n) is 8.47. The monoisotopic (exact) mass is 354 g/mol. The van der Waals surface area contributed by atoms with Gasteiger partial charge in [-0.2, -0.15) is 0 Å². The number of pyridine rings is 1. The molecule has 0 saturated carbocycles. The van der Waals surface area contributed by atoms with E-state index in [0.29, 0.717) is 5.65 Å². The molecule has 1 N–H and O–H groups in total. The van der Waals surface area contributed by atoms with Gasteiger partial charge in [0.15, 0.2) is 5.65 Å². The number of hydrogen-bond donors (Lipinski definition) is 1. The molecule has 3 rings (SSSR count). The Morgan fingerprint density at radius 3 is 2.54 bits per heavy atom. The van der Waals surface area contributed by atoms with E-state index in [4.69, 9.17) is 4.74 Å². The smallest absolute Gasteiger partial charge is 0.350 e. The van der Waals surface area contributed by atoms with Crippen molar-refractivity contribution in [2.24, 2.45) is 5.92 Å². The van der Waals surface area contributed by atoms with Crippen molar-refractivity contribution in [3.05, 3.63) is 64.7 Å². The van der Waals surface area contributed by atoms with Crippen molar-refractivity contribution in [1.29, 1.82) is 0 Å². The van der Waals surface area contributed by atoms with Crippen LogP contribution in [0.5, 0.6) is 5.75 Å². The van der Waals surface area contributed by atoms with Crippen molar-refractivity contribution in [2.45, 2.75) is 26.4 Å². The van der Waals surface area contributed by atoms with Gasteiger partial charge in [-0.3, -0.25) is 9.20 Å². The van der Waals surface area contributed by atoms with Crippen molar-refractivity contribution < 1.29 is 9.53 Å². The summed E-state index contributed by atoms with van der Waals surface area (Å²) in [4.78, 5) is 24.8. The minimum atomic E-state index is -0.332. The lowest BCUT2D eigenvalue weighted by Gasteiger charge is -2.23. The SMILES string of the molecule is COc1ccc(C(NC(=O)Cn2nc3ccccn3c2=O)C(C)C)cc1. The highest BCUT2D eigenvalue weighted by molar-refractivity contribution is 5.76. The quantitative estimate of drug-likeness (QED) is 0.735. The molecular weight excluding hydrogens is 332 g/mol. The first-order chi connectivity index (χ1) is 12.5. The zero-order valence-corrected chi connectivity index (χ0v) is 15.0. The molecule has 0 aliphatic rings. The molecule has 2 heterocycles. The number of aromatic nitrogens is 3. The van der Waals surface area contributed by atoms with Gasteiger partial charge in [0.25, 0.3) is 0 Å². The molecule has 7 heteroatoms. The summed E-state index contributed by atoms with van der Waals surface area (Å²) in [5.41, 5.74) is 1.17. The van der Waals surface area contributed by atoms with Crippen LogP contribution in [0.1, 0.15) is 25.5 Å². The molecule has 0 bridgehead atoms. The molecule has 2 aromatic heterocycles. The Labute approximate surface area is 151 Å². The van der Waals surface area contributed by atoms with Crippen LogP contribution in [0, 0.1) is 5.92 Å². The molecule has 1 aromatic carbocycles. The summed E-state index contributed by atoms with van der Waals surface area (Å²) in [7, 11) is 1.61. The third kappa shape index (κ3) is 3.61. The summed E-state index contributed by atoms with van der Waals surface area (Å²) in [5.74, 6) is 0.689. The van der Waals surface area contributed by atoms with Crippen LogP contribution in [0.4, 0.5) is 0 Å². The van der Waals surface area contributed by atoms with Crippen molar-refractivity contribution in [1.82, 2.24) is 19.5 Å². The van der Waals surface area contributed by atoms with Gasteiger partial charge in [-0.05, 0) is 35.7 Å². The van der Waals surface area contributed by atoms with E-state index in [1.807, 2.05) is 38.1 Å². The molecule has 7 nitrogen and oxygen atoms in total. The van der Waals surface area contributed by atoms with E-state index in [-0.39, 0.29) is 30.1 Å². The van der Waals surface area contributed by atoms with E-state index >= 15 is 0 Å². The lowest BCUT2D eigenvalue weighted by atomic mass is 9.96. The van der Waals surface area contributed by atoms with Gasteiger partial charge >= 0.3 is 5.69 Å². The van der Waals surface area contributed by atoms with E-state index < -0.39 is 0 Å². The minimum Gasteiger partial charge on any atom is -0.497 e. The molecule has 0 radical (unpaired) electrons. The molecule has 0 fully saturated rings. The van der Waals surface area contributed by atoms with Crippen molar-refractivity contribution in [3.8, 4) is 5.75 Å². The number of carbonyl (C=O) groups excluding carboxylic acids is 1. The number of nitrogens with zero attached hydrogens (tertiary/aromatic N) is 3. The van der Waals surface area contributed by atoms with E-state index in [1.54, 1.807) is 31.5 Å². The molecule has 0 spiro atoms. The first-order valence-corrected chi connectivity index (χ1v) is 8.47. The fraction of sp³-hybridized carbons (Fsp3) is 0.316. The fourth-order valence-electron chi connectivity index (χ4n) is 2.87. The molecule has 3 aromatic rings. The van der Waals surface area contributed by atoms with Gasteiger partial charge in [0.1, 0.15) is 12.3 Å². The molecule has 1 amide bonds. The molecular formula is C19H22N4O3. The number of hydrogen-bond acceptors (Lipinski definition) is 4. The van der Waals surface area contributed by atoms with E-state index in [0.717, 1.165) is 11.3 Å². The predicted octanol–water partition coefficient (Wildman–Crippen LogP) is 2.02. The highest BCUT2D eigenvalue weighted by Crippen LogP contribution is 2.23. The second kappa shape index (κ2) is 7.43. The average Bonchev–Trinajstić information content (AvgIpc) is 2.95. The molecule has 1 atom stereocenters. The van der Waals surface area contributed by atoms with Crippen LogP contribution in [0.2, 0.25) is 0 Å². The minimum absolute atomic E-state index is 0.125. The highest BCUT2D eigenvalue weighted by atomic mass is 16.5. The maximum Gasteiger partial charge on any atom is 0.350 e. The molecule has 0 saturated heterocycles. The summed E-state index contributed by atoms with van der Waals surface area (Å²) < 4.78 is 7.77. The number of nitrogens with one attached hydrogen (secondary N) is 1. The molecule has 1 unspecified atom stereocenters. The van der Waals surface area contributed by atoms with Crippen molar-refractivity contribution >= 4 is 11.6 Å².